The number of carbonyl (C=O) groups is 2. The van der Waals surface area contributed by atoms with Gasteiger partial charge in [0.25, 0.3) is 0 Å². The number of hydrogen-bond donors (Lipinski definition) is 2. The highest BCUT2D eigenvalue weighted by Gasteiger charge is 2.25. The summed E-state index contributed by atoms with van der Waals surface area (Å²) in [5.41, 5.74) is 7.42. The van der Waals surface area contributed by atoms with Gasteiger partial charge in [0.15, 0.2) is 0 Å². The van der Waals surface area contributed by atoms with E-state index in [-0.39, 0.29) is 12.5 Å². The maximum atomic E-state index is 12.7. The van der Waals surface area contributed by atoms with Crippen molar-refractivity contribution in [3.63, 3.8) is 0 Å². The number of amides is 2. The number of nitriles is 1. The van der Waals surface area contributed by atoms with Crippen LogP contribution in [0.1, 0.15) is 27.4 Å². The van der Waals surface area contributed by atoms with Gasteiger partial charge in [-0.2, -0.15) is 5.26 Å². The normalized spacial score (nSPS) is 11.7. The van der Waals surface area contributed by atoms with Crippen LogP contribution in [-0.4, -0.2) is 18.4 Å². The number of hydrogen-bond acceptors (Lipinski definition) is 4. The second kappa shape index (κ2) is 7.81. The van der Waals surface area contributed by atoms with Gasteiger partial charge in [-0.25, -0.2) is 0 Å². The lowest BCUT2D eigenvalue weighted by Gasteiger charge is -2.18. The lowest BCUT2D eigenvalue weighted by molar-refractivity contribution is -0.122. The fourth-order valence-corrected chi connectivity index (χ4v) is 4.01. The second-order valence-electron chi connectivity index (χ2n) is 5.84. The Kier molecular flexibility index (Phi) is 5.30. The van der Waals surface area contributed by atoms with Crippen LogP contribution in [0.4, 0.5) is 0 Å². The summed E-state index contributed by atoms with van der Waals surface area (Å²) in [7, 11) is 0. The van der Waals surface area contributed by atoms with E-state index in [4.69, 9.17) is 11.0 Å². The van der Waals surface area contributed by atoms with Gasteiger partial charge in [-0.3, -0.25) is 9.59 Å². The van der Waals surface area contributed by atoms with Crippen molar-refractivity contribution in [2.24, 2.45) is 5.73 Å². The van der Waals surface area contributed by atoms with Crippen LogP contribution in [0.5, 0.6) is 0 Å². The van der Waals surface area contributed by atoms with Crippen LogP contribution in [-0.2, 0) is 11.2 Å². The molecule has 1 atom stereocenters. The van der Waals surface area contributed by atoms with Crippen LogP contribution in [0.25, 0.3) is 10.1 Å². The Morgan fingerprint density at radius 3 is 2.65 bits per heavy atom. The molecule has 2 amide bonds. The summed E-state index contributed by atoms with van der Waals surface area (Å²) in [6, 6.07) is 16.7. The number of nitrogens with zero attached hydrogens (tertiary/aromatic N) is 1. The van der Waals surface area contributed by atoms with Crippen LogP contribution in [0, 0.1) is 11.3 Å². The smallest absolute Gasteiger partial charge is 0.249 e. The molecule has 0 aliphatic rings. The molecular formula is C20H17N3O2S. The first-order valence-corrected chi connectivity index (χ1v) is 8.98. The fourth-order valence-electron chi connectivity index (χ4n) is 3.03. The molecular weight excluding hydrogens is 346 g/mol. The first-order chi connectivity index (χ1) is 12.6. The zero-order valence-electron chi connectivity index (χ0n) is 13.9. The third kappa shape index (κ3) is 3.58. The summed E-state index contributed by atoms with van der Waals surface area (Å²) in [6.45, 7) is -0.0849. The van der Waals surface area contributed by atoms with Crippen molar-refractivity contribution in [1.82, 2.24) is 5.32 Å². The zero-order chi connectivity index (χ0) is 18.5. The number of thiophene rings is 1. The predicted molar refractivity (Wildman–Crippen MR) is 102 cm³/mol. The van der Waals surface area contributed by atoms with E-state index in [1.165, 1.54) is 0 Å². The maximum absolute atomic E-state index is 12.7. The number of fused-ring (bicyclic) bond motifs is 1. The van der Waals surface area contributed by atoms with Gasteiger partial charge in [-0.05, 0) is 40.4 Å². The van der Waals surface area contributed by atoms with Crippen molar-refractivity contribution >= 4 is 33.2 Å². The van der Waals surface area contributed by atoms with Gasteiger partial charge in [0.2, 0.25) is 11.8 Å². The van der Waals surface area contributed by atoms with E-state index in [1.54, 1.807) is 35.6 Å². The first-order valence-electron chi connectivity index (χ1n) is 8.10. The molecule has 6 heteroatoms. The minimum absolute atomic E-state index is 0.0849. The van der Waals surface area contributed by atoms with Crippen molar-refractivity contribution in [3.05, 3.63) is 70.6 Å². The minimum atomic E-state index is -0.606. The minimum Gasteiger partial charge on any atom is -0.366 e. The molecule has 0 saturated heterocycles. The highest BCUT2D eigenvalue weighted by molar-refractivity contribution is 7.17. The molecule has 0 bridgehead atoms. The molecule has 5 nitrogen and oxygen atoms in total. The number of nitrogens with one attached hydrogen (secondary N) is 1. The van der Waals surface area contributed by atoms with Crippen LogP contribution in [0.3, 0.4) is 0 Å². The molecule has 3 N–H and O–H groups in total. The van der Waals surface area contributed by atoms with E-state index in [1.807, 2.05) is 35.7 Å². The molecule has 0 aliphatic heterocycles. The standard InChI is InChI=1S/C20H17N3O2S/c21-9-10-23-20(25)17(15-6-1-2-7-16(15)19(22)24)11-13-12-26-18-8-4-3-5-14(13)18/h1-8,12,17H,10-11H2,(H2,22,24)(H,23,25). The van der Waals surface area contributed by atoms with E-state index in [0.717, 1.165) is 15.6 Å². The molecule has 2 aromatic carbocycles. The summed E-state index contributed by atoms with van der Waals surface area (Å²) in [4.78, 5) is 24.5. The summed E-state index contributed by atoms with van der Waals surface area (Å²) in [5, 5.41) is 14.5. The van der Waals surface area contributed by atoms with Gasteiger partial charge in [0.05, 0.1) is 12.0 Å². The Morgan fingerprint density at radius 2 is 1.88 bits per heavy atom. The molecule has 0 radical (unpaired) electrons. The number of primary amides is 1. The summed E-state index contributed by atoms with van der Waals surface area (Å²) >= 11 is 1.62. The van der Waals surface area contributed by atoms with E-state index < -0.39 is 11.8 Å². The Labute approximate surface area is 155 Å². The molecule has 130 valence electrons. The third-order valence-corrected chi connectivity index (χ3v) is 5.26. The van der Waals surface area contributed by atoms with Gasteiger partial charge >= 0.3 is 0 Å². The summed E-state index contributed by atoms with van der Waals surface area (Å²) in [5.74, 6) is -1.48. The molecule has 0 spiro atoms. The molecule has 1 aromatic heterocycles. The van der Waals surface area contributed by atoms with Crippen molar-refractivity contribution in [1.29, 1.82) is 5.26 Å². The second-order valence-corrected chi connectivity index (χ2v) is 6.75. The SMILES string of the molecule is N#CCNC(=O)C(Cc1csc2ccccc12)c1ccccc1C(N)=O. The molecule has 1 heterocycles. The molecule has 26 heavy (non-hydrogen) atoms. The Balaban J connectivity index is 2.03. The number of nitrogens with two attached hydrogens (primary N) is 1. The van der Waals surface area contributed by atoms with Crippen LogP contribution in [0.2, 0.25) is 0 Å². The van der Waals surface area contributed by atoms with Crippen molar-refractivity contribution in [2.75, 3.05) is 6.54 Å². The number of benzene rings is 2. The summed E-state index contributed by atoms with van der Waals surface area (Å²) < 4.78 is 1.14. The van der Waals surface area contributed by atoms with Gasteiger partial charge in [0, 0.05) is 10.3 Å². The fraction of sp³-hybridized carbons (Fsp3) is 0.150. The van der Waals surface area contributed by atoms with Gasteiger partial charge in [-0.15, -0.1) is 11.3 Å². The van der Waals surface area contributed by atoms with Crippen LogP contribution < -0.4 is 11.1 Å². The van der Waals surface area contributed by atoms with Crippen molar-refractivity contribution in [2.45, 2.75) is 12.3 Å². The van der Waals surface area contributed by atoms with Crippen molar-refractivity contribution < 1.29 is 9.59 Å². The predicted octanol–water partition coefficient (Wildman–Crippen LogP) is 2.97. The Morgan fingerprint density at radius 1 is 1.15 bits per heavy atom. The van der Waals surface area contributed by atoms with Gasteiger partial charge in [-0.1, -0.05) is 36.4 Å². The van der Waals surface area contributed by atoms with E-state index in [2.05, 4.69) is 5.32 Å². The van der Waals surface area contributed by atoms with E-state index >= 15 is 0 Å². The number of carbonyl (C=O) groups excluding carboxylic acids is 2. The summed E-state index contributed by atoms with van der Waals surface area (Å²) in [6.07, 6.45) is 0.422. The maximum Gasteiger partial charge on any atom is 0.249 e. The quantitative estimate of drug-likeness (QED) is 0.659. The number of rotatable bonds is 6. The van der Waals surface area contributed by atoms with Crippen molar-refractivity contribution in [3.8, 4) is 6.07 Å². The van der Waals surface area contributed by atoms with Gasteiger partial charge in [0.1, 0.15) is 6.54 Å². The van der Waals surface area contributed by atoms with Gasteiger partial charge < -0.3 is 11.1 Å². The Hall–Kier alpha value is -3.17. The molecule has 0 aliphatic carbocycles. The molecule has 3 rings (SSSR count). The lowest BCUT2D eigenvalue weighted by Crippen LogP contribution is -2.32. The topological polar surface area (TPSA) is 96.0 Å². The zero-order valence-corrected chi connectivity index (χ0v) is 14.8. The lowest BCUT2D eigenvalue weighted by atomic mass is 9.87. The monoisotopic (exact) mass is 363 g/mol. The third-order valence-electron chi connectivity index (χ3n) is 4.25. The van der Waals surface area contributed by atoms with E-state index in [9.17, 15) is 9.59 Å². The molecule has 0 saturated carbocycles. The molecule has 1 unspecified atom stereocenters. The average molecular weight is 363 g/mol. The first kappa shape index (κ1) is 17.6. The van der Waals surface area contributed by atoms with Crippen LogP contribution in [0.15, 0.2) is 53.9 Å². The van der Waals surface area contributed by atoms with E-state index in [0.29, 0.717) is 17.5 Å². The van der Waals surface area contributed by atoms with Crippen LogP contribution >= 0.6 is 11.3 Å². The highest BCUT2D eigenvalue weighted by Crippen LogP contribution is 2.31. The highest BCUT2D eigenvalue weighted by atomic mass is 32.1. The average Bonchev–Trinajstić information content (AvgIpc) is 3.07. The Bertz CT molecular complexity index is 1000. The largest absolute Gasteiger partial charge is 0.366 e. The molecule has 0 fully saturated rings. The molecule has 3 aromatic rings.